The smallest absolute Gasteiger partial charge is 0.259 e. The standard InChI is InChI=1S/C10H10N4O2/c1-2-9-11-10(13-12-9)7-5-3-4-6-8(7)14(15)16/h3-6H,2H2,1H3,(H,11,12,13). The molecule has 0 aliphatic carbocycles. The molecule has 6 nitrogen and oxygen atoms in total. The van der Waals surface area contributed by atoms with Crippen molar-refractivity contribution in [2.75, 3.05) is 0 Å². The summed E-state index contributed by atoms with van der Waals surface area (Å²) in [6.07, 6.45) is 0.692. The molecule has 0 saturated carbocycles. The van der Waals surface area contributed by atoms with E-state index < -0.39 is 4.92 Å². The Kier molecular flexibility index (Phi) is 2.63. The number of nitrogens with one attached hydrogen (secondary N) is 1. The summed E-state index contributed by atoms with van der Waals surface area (Å²) >= 11 is 0. The minimum Gasteiger partial charge on any atom is -0.259 e. The first-order valence-electron chi connectivity index (χ1n) is 4.87. The number of benzene rings is 1. The van der Waals surface area contributed by atoms with E-state index in [1.165, 1.54) is 6.07 Å². The Labute approximate surface area is 91.5 Å². The third-order valence-corrected chi connectivity index (χ3v) is 2.20. The minimum atomic E-state index is -0.427. The number of H-pyrrole nitrogens is 1. The summed E-state index contributed by atoms with van der Waals surface area (Å²) in [5, 5.41) is 17.5. The molecule has 0 bridgehead atoms. The molecule has 0 amide bonds. The Hall–Kier alpha value is -2.24. The Morgan fingerprint density at radius 1 is 1.44 bits per heavy atom. The van der Waals surface area contributed by atoms with E-state index >= 15 is 0 Å². The molecule has 2 aromatic rings. The molecule has 2 rings (SSSR count). The van der Waals surface area contributed by atoms with Crippen molar-refractivity contribution < 1.29 is 4.92 Å². The number of aromatic amines is 1. The van der Waals surface area contributed by atoms with Crippen LogP contribution in [0.4, 0.5) is 5.69 Å². The molecular formula is C10H10N4O2. The summed E-state index contributed by atoms with van der Waals surface area (Å²) in [5.41, 5.74) is 0.487. The molecule has 1 aromatic heterocycles. The van der Waals surface area contributed by atoms with Crippen molar-refractivity contribution in [3.05, 3.63) is 40.2 Å². The molecule has 16 heavy (non-hydrogen) atoms. The van der Waals surface area contributed by atoms with Gasteiger partial charge in [0.2, 0.25) is 0 Å². The van der Waals surface area contributed by atoms with Crippen molar-refractivity contribution in [3.63, 3.8) is 0 Å². The average molecular weight is 218 g/mol. The van der Waals surface area contributed by atoms with Crippen LogP contribution < -0.4 is 0 Å². The summed E-state index contributed by atoms with van der Waals surface area (Å²) in [6, 6.07) is 6.46. The van der Waals surface area contributed by atoms with Gasteiger partial charge in [-0.05, 0) is 6.07 Å². The number of aryl methyl sites for hydroxylation is 1. The Bertz CT molecular complexity index is 521. The molecule has 0 unspecified atom stereocenters. The lowest BCUT2D eigenvalue weighted by molar-refractivity contribution is -0.384. The molecule has 0 aliphatic heterocycles. The first-order valence-corrected chi connectivity index (χ1v) is 4.87. The molecule has 0 aliphatic rings. The van der Waals surface area contributed by atoms with Crippen molar-refractivity contribution in [3.8, 4) is 11.4 Å². The van der Waals surface area contributed by atoms with Gasteiger partial charge in [-0.25, -0.2) is 4.98 Å². The maximum Gasteiger partial charge on any atom is 0.280 e. The first-order chi connectivity index (χ1) is 7.72. The number of nitro benzene ring substituents is 1. The number of aromatic nitrogens is 3. The molecule has 0 saturated heterocycles. The fraction of sp³-hybridized carbons (Fsp3) is 0.200. The number of nitro groups is 1. The van der Waals surface area contributed by atoms with E-state index in [1.54, 1.807) is 18.2 Å². The van der Waals surface area contributed by atoms with Crippen LogP contribution in [0.3, 0.4) is 0 Å². The van der Waals surface area contributed by atoms with E-state index in [-0.39, 0.29) is 5.69 Å². The fourth-order valence-corrected chi connectivity index (χ4v) is 1.41. The third-order valence-electron chi connectivity index (χ3n) is 2.20. The van der Waals surface area contributed by atoms with Crippen LogP contribution in [0.2, 0.25) is 0 Å². The van der Waals surface area contributed by atoms with Crippen LogP contribution in [0.25, 0.3) is 11.4 Å². The Morgan fingerprint density at radius 2 is 2.19 bits per heavy atom. The van der Waals surface area contributed by atoms with Crippen LogP contribution in [-0.4, -0.2) is 20.1 Å². The molecule has 6 heteroatoms. The van der Waals surface area contributed by atoms with Crippen LogP contribution in [0.1, 0.15) is 12.7 Å². The van der Waals surface area contributed by atoms with Crippen molar-refractivity contribution >= 4 is 5.69 Å². The van der Waals surface area contributed by atoms with Crippen molar-refractivity contribution in [1.82, 2.24) is 15.2 Å². The highest BCUT2D eigenvalue weighted by Crippen LogP contribution is 2.26. The summed E-state index contributed by atoms with van der Waals surface area (Å²) in [4.78, 5) is 14.6. The predicted octanol–water partition coefficient (Wildman–Crippen LogP) is 1.94. The quantitative estimate of drug-likeness (QED) is 0.630. The number of hydrogen-bond donors (Lipinski definition) is 1. The second-order valence-electron chi connectivity index (χ2n) is 3.23. The average Bonchev–Trinajstić information content (AvgIpc) is 2.77. The highest BCUT2D eigenvalue weighted by molar-refractivity contribution is 5.67. The second kappa shape index (κ2) is 4.09. The third kappa shape index (κ3) is 1.77. The lowest BCUT2D eigenvalue weighted by atomic mass is 10.2. The van der Waals surface area contributed by atoms with Crippen LogP contribution in [-0.2, 0) is 6.42 Å². The van der Waals surface area contributed by atoms with E-state index in [4.69, 9.17) is 0 Å². The Morgan fingerprint density at radius 3 is 2.81 bits per heavy atom. The van der Waals surface area contributed by atoms with Gasteiger partial charge in [0, 0.05) is 12.5 Å². The topological polar surface area (TPSA) is 84.7 Å². The van der Waals surface area contributed by atoms with E-state index in [2.05, 4.69) is 15.2 Å². The lowest BCUT2D eigenvalue weighted by Gasteiger charge is -1.97. The van der Waals surface area contributed by atoms with Gasteiger partial charge in [-0.2, -0.15) is 5.10 Å². The van der Waals surface area contributed by atoms with Gasteiger partial charge < -0.3 is 0 Å². The SMILES string of the molecule is CCc1n[nH]c(-c2ccccc2[N+](=O)[O-])n1. The minimum absolute atomic E-state index is 0.0290. The monoisotopic (exact) mass is 218 g/mol. The summed E-state index contributed by atoms with van der Waals surface area (Å²) in [6.45, 7) is 1.92. The van der Waals surface area contributed by atoms with Gasteiger partial charge >= 0.3 is 0 Å². The van der Waals surface area contributed by atoms with Crippen LogP contribution in [0, 0.1) is 10.1 Å². The van der Waals surface area contributed by atoms with Gasteiger partial charge in [0.15, 0.2) is 11.6 Å². The number of nitrogens with zero attached hydrogens (tertiary/aromatic N) is 3. The highest BCUT2D eigenvalue weighted by atomic mass is 16.6. The van der Waals surface area contributed by atoms with Gasteiger partial charge in [0.1, 0.15) is 0 Å². The molecule has 1 aromatic carbocycles. The predicted molar refractivity (Wildman–Crippen MR) is 57.9 cm³/mol. The van der Waals surface area contributed by atoms with Crippen molar-refractivity contribution in [2.24, 2.45) is 0 Å². The van der Waals surface area contributed by atoms with E-state index in [1.807, 2.05) is 6.92 Å². The maximum absolute atomic E-state index is 10.8. The van der Waals surface area contributed by atoms with Crippen LogP contribution >= 0.6 is 0 Å². The van der Waals surface area contributed by atoms with Crippen molar-refractivity contribution in [1.29, 1.82) is 0 Å². The molecule has 0 spiro atoms. The van der Waals surface area contributed by atoms with Gasteiger partial charge in [-0.3, -0.25) is 15.2 Å². The zero-order valence-corrected chi connectivity index (χ0v) is 8.67. The van der Waals surface area contributed by atoms with E-state index in [9.17, 15) is 10.1 Å². The van der Waals surface area contributed by atoms with Crippen molar-refractivity contribution in [2.45, 2.75) is 13.3 Å². The molecule has 82 valence electrons. The highest BCUT2D eigenvalue weighted by Gasteiger charge is 2.16. The molecule has 0 radical (unpaired) electrons. The molecule has 0 atom stereocenters. The number of para-hydroxylation sites is 1. The maximum atomic E-state index is 10.8. The Balaban J connectivity index is 2.50. The molecule has 1 heterocycles. The molecule has 0 fully saturated rings. The van der Waals surface area contributed by atoms with E-state index in [0.29, 0.717) is 23.6 Å². The number of rotatable bonds is 3. The zero-order valence-electron chi connectivity index (χ0n) is 8.67. The number of hydrogen-bond acceptors (Lipinski definition) is 4. The largest absolute Gasteiger partial charge is 0.280 e. The fourth-order valence-electron chi connectivity index (χ4n) is 1.41. The van der Waals surface area contributed by atoms with Gasteiger partial charge in [0.05, 0.1) is 10.5 Å². The van der Waals surface area contributed by atoms with Gasteiger partial charge in [-0.15, -0.1) is 0 Å². The first kappa shape index (κ1) is 10.3. The van der Waals surface area contributed by atoms with Gasteiger partial charge in [0.25, 0.3) is 5.69 Å². The summed E-state index contributed by atoms with van der Waals surface area (Å²) < 4.78 is 0. The molecule has 1 N–H and O–H groups in total. The zero-order chi connectivity index (χ0) is 11.5. The normalized spacial score (nSPS) is 10.3. The lowest BCUT2D eigenvalue weighted by Crippen LogP contribution is -1.92. The second-order valence-corrected chi connectivity index (χ2v) is 3.23. The van der Waals surface area contributed by atoms with Crippen LogP contribution in [0.15, 0.2) is 24.3 Å². The summed E-state index contributed by atoms with van der Waals surface area (Å²) in [7, 11) is 0. The van der Waals surface area contributed by atoms with Crippen LogP contribution in [0.5, 0.6) is 0 Å². The van der Waals surface area contributed by atoms with E-state index in [0.717, 1.165) is 0 Å². The van der Waals surface area contributed by atoms with Gasteiger partial charge in [-0.1, -0.05) is 19.1 Å². The summed E-state index contributed by atoms with van der Waals surface area (Å²) in [5.74, 6) is 1.08. The molecular weight excluding hydrogens is 208 g/mol.